The molecule has 11 rings (SSSR count). The fourth-order valence-electron chi connectivity index (χ4n) is 14.8. The smallest absolute Gasteiger partial charge is 0.338 e. The monoisotopic (exact) mass is 1750 g/mol. The Kier molecular flexibility index (Phi) is 34.3. The zero-order valence-electron chi connectivity index (χ0n) is 71.6. The number of carbonyl (C=O) groups excluding carboxylic acids is 11. The Balaban J connectivity index is 0.987. The minimum atomic E-state index is -2.05. The molecule has 2 amide bonds. The Morgan fingerprint density at radius 3 is 1.22 bits per heavy atom. The Morgan fingerprint density at radius 1 is 0.336 bits per heavy atom. The van der Waals surface area contributed by atoms with Crippen LogP contribution >= 0.6 is 0 Å². The number of rotatable bonds is 39. The van der Waals surface area contributed by atoms with E-state index in [4.69, 9.17) is 99.5 Å². The van der Waals surface area contributed by atoms with Gasteiger partial charge in [0.2, 0.25) is 0 Å². The molecule has 33 nitrogen and oxygen atoms in total. The lowest BCUT2D eigenvalue weighted by Crippen LogP contribution is -2.68. The maximum atomic E-state index is 15.4. The third-order valence-electron chi connectivity index (χ3n) is 20.7. The van der Waals surface area contributed by atoms with Crippen molar-refractivity contribution >= 4 is 73.6 Å². The number of fused-ring (bicyclic) bond motifs is 1. The molecule has 0 spiro atoms. The number of hydrogen-bond acceptors (Lipinski definition) is 32. The van der Waals surface area contributed by atoms with E-state index in [0.29, 0.717) is 6.61 Å². The molecule has 5 heterocycles. The van der Waals surface area contributed by atoms with E-state index in [1.54, 1.807) is 50.2 Å². The molecule has 6 aromatic carbocycles. The van der Waals surface area contributed by atoms with Crippen LogP contribution in [-0.2, 0) is 153 Å². The molecule has 0 N–H and O–H groups in total. The molecule has 125 heavy (non-hydrogen) atoms. The zero-order valence-corrected chi connectivity index (χ0v) is 72.6. The molecule has 5 aliphatic rings. The van der Waals surface area contributed by atoms with Crippen molar-refractivity contribution in [3.05, 3.63) is 214 Å². The van der Waals surface area contributed by atoms with E-state index in [9.17, 15) is 33.6 Å². The standard InChI is InChI=1S/C91H107NO32Si/c1-52-33-37-64(38-34-52)86(102)122-74-71(51-112-90-82(116-59(8)98)80(115-58(7)97)76(70(120-90)50-109-55(4)94)124-91-83(117-60(9)99)79(114-57(6)96)75(113-56(5)95)69(121-91)49-108-54(3)93)118-88(72(77(74)123-87(103)65-39-35-53(2)36-40-65)92-84(100)66-31-22-23-32-67(66)85(92)101)106-42-24-41-105-73-68(48-104-45-61-25-16-13-17-26-61)119-89(107-43-44-125(10,11)12)81(111-47-63-29-20-15-21-30-63)78(73)110-46-62-27-18-14-19-28-62/h13-23,25-40,68-83,88-91H,24,41-51H2,1-12H3/t68-,69-,70-,71-,72-,73-,74-,75+,76-,77-,78+,79+,80+,81-,82-,83-,88-,89-,90-,91+/m1/s1. The lowest BCUT2D eigenvalue weighted by molar-refractivity contribution is -0.364. The highest BCUT2D eigenvalue weighted by molar-refractivity contribution is 6.76. The first kappa shape index (κ1) is 95.1. The SMILES string of the molecule is CC(=O)OC[C@H]1O[C@@H](O[C@H]2[C@H](OC(C)=O)[C@@H](OC(C)=O)[C@H](OC[C@H]3O[C@@H](OCCCO[C@H]4[C@H](OCc5ccccc5)[C@@H](OCc5ccccc5)[C@H](OCC[Si](C)(C)C)O[C@@H]4COCc4ccccc4)[C@H](N4C(=O)c5ccccc5C4=O)[C@@H](OC(=O)c4ccc(C)cc4)[C@@H]3OC(=O)c3ccc(C)cc3)O[C@@H]2COC(C)=O)[C@H](OC(C)=O)[C@@H](OC(C)=O)[C@H]1OC(C)=O. The minimum Gasteiger partial charge on any atom is -0.463 e. The summed E-state index contributed by atoms with van der Waals surface area (Å²) in [4.78, 5) is 154. The van der Waals surface area contributed by atoms with Gasteiger partial charge in [0.1, 0.15) is 68.1 Å². The van der Waals surface area contributed by atoms with Crippen LogP contribution in [0.1, 0.15) is 124 Å². The molecular weight excluding hydrogens is 1650 g/mol. The molecule has 20 atom stereocenters. The fourth-order valence-corrected chi connectivity index (χ4v) is 15.6. The molecule has 6 aromatic rings. The van der Waals surface area contributed by atoms with Gasteiger partial charge in [0.15, 0.2) is 67.9 Å². The maximum Gasteiger partial charge on any atom is 0.338 e. The lowest BCUT2D eigenvalue weighted by Gasteiger charge is -2.49. The molecule has 4 saturated heterocycles. The van der Waals surface area contributed by atoms with Crippen molar-refractivity contribution in [1.82, 2.24) is 4.90 Å². The molecular formula is C91H107NO32Si. The fraction of sp³-hybridized carbons (Fsp3) is 0.484. The topological polar surface area (TPSA) is 385 Å². The first-order chi connectivity index (χ1) is 59.9. The van der Waals surface area contributed by atoms with Crippen LogP contribution in [0.25, 0.3) is 0 Å². The Labute approximate surface area is 724 Å². The van der Waals surface area contributed by atoms with Gasteiger partial charge in [-0.25, -0.2) is 9.59 Å². The van der Waals surface area contributed by atoms with Crippen molar-refractivity contribution in [2.75, 3.05) is 46.2 Å². The molecule has 0 saturated carbocycles. The van der Waals surface area contributed by atoms with Gasteiger partial charge in [0.25, 0.3) is 11.8 Å². The van der Waals surface area contributed by atoms with Gasteiger partial charge in [-0.3, -0.25) is 48.1 Å². The minimum absolute atomic E-state index is 0.0204. The highest BCUT2D eigenvalue weighted by Crippen LogP contribution is 2.41. The van der Waals surface area contributed by atoms with Crippen LogP contribution in [0.4, 0.5) is 0 Å². The first-order valence-corrected chi connectivity index (χ1v) is 44.9. The molecule has 0 bridgehead atoms. The molecule has 0 unspecified atom stereocenters. The van der Waals surface area contributed by atoms with Gasteiger partial charge in [0, 0.05) is 69.8 Å². The Hall–Kier alpha value is -10.6. The van der Waals surface area contributed by atoms with Gasteiger partial charge in [0.05, 0.1) is 61.9 Å². The zero-order chi connectivity index (χ0) is 89.6. The lowest BCUT2D eigenvalue weighted by atomic mass is 9.94. The van der Waals surface area contributed by atoms with E-state index in [0.717, 1.165) is 87.2 Å². The molecule has 0 aromatic heterocycles. The second kappa shape index (κ2) is 45.0. The number of imide groups is 1. The second-order valence-electron chi connectivity index (χ2n) is 31.8. The van der Waals surface area contributed by atoms with Crippen LogP contribution in [0.3, 0.4) is 0 Å². The molecule has 34 heteroatoms. The summed E-state index contributed by atoms with van der Waals surface area (Å²) < 4.78 is 134. The van der Waals surface area contributed by atoms with Gasteiger partial charge in [-0.05, 0) is 79.4 Å². The summed E-state index contributed by atoms with van der Waals surface area (Å²) in [6, 6.07) is 46.0. The Bertz CT molecular complexity index is 4600. The molecule has 4 fully saturated rings. The van der Waals surface area contributed by atoms with E-state index in [2.05, 4.69) is 19.6 Å². The average molecular weight is 1750 g/mol. The number of aryl methyl sites for hydroxylation is 2. The third kappa shape index (κ3) is 26.5. The Morgan fingerprint density at radius 2 is 0.720 bits per heavy atom. The van der Waals surface area contributed by atoms with Gasteiger partial charge in [-0.2, -0.15) is 0 Å². The summed E-state index contributed by atoms with van der Waals surface area (Å²) >= 11 is 0. The van der Waals surface area contributed by atoms with Crippen LogP contribution in [0.2, 0.25) is 25.7 Å². The van der Waals surface area contributed by atoms with Gasteiger partial charge >= 0.3 is 53.7 Å². The number of hydrogen-bond donors (Lipinski definition) is 0. The molecule has 5 aliphatic heterocycles. The largest absolute Gasteiger partial charge is 0.463 e. The summed E-state index contributed by atoms with van der Waals surface area (Å²) in [5, 5.41) is 0. The molecule has 0 radical (unpaired) electrons. The van der Waals surface area contributed by atoms with Crippen molar-refractivity contribution < 1.29 is 152 Å². The summed E-state index contributed by atoms with van der Waals surface area (Å²) in [6.45, 7) is 15.1. The van der Waals surface area contributed by atoms with Crippen LogP contribution in [0.5, 0.6) is 0 Å². The number of amides is 2. The van der Waals surface area contributed by atoms with Crippen molar-refractivity contribution in [2.24, 2.45) is 0 Å². The van der Waals surface area contributed by atoms with E-state index < -0.39 is 216 Å². The number of benzene rings is 6. The van der Waals surface area contributed by atoms with Crippen molar-refractivity contribution in [1.29, 1.82) is 0 Å². The predicted octanol–water partition coefficient (Wildman–Crippen LogP) is 9.34. The average Bonchev–Trinajstić information content (AvgIpc) is 1.65. The van der Waals surface area contributed by atoms with E-state index in [1.807, 2.05) is 91.0 Å². The molecule has 0 aliphatic carbocycles. The highest BCUT2D eigenvalue weighted by Gasteiger charge is 2.61. The van der Waals surface area contributed by atoms with E-state index in [1.165, 1.54) is 36.4 Å². The number of esters is 9. The normalized spacial score (nSPS) is 26.6. The van der Waals surface area contributed by atoms with Crippen molar-refractivity contribution in [3.8, 4) is 0 Å². The quantitative estimate of drug-likeness (QED) is 0.0114. The summed E-state index contributed by atoms with van der Waals surface area (Å²) in [5.41, 5.74) is 3.89. The third-order valence-corrected chi connectivity index (χ3v) is 22.4. The van der Waals surface area contributed by atoms with Crippen molar-refractivity contribution in [3.63, 3.8) is 0 Å². The van der Waals surface area contributed by atoms with Crippen LogP contribution in [0.15, 0.2) is 164 Å². The van der Waals surface area contributed by atoms with Gasteiger partial charge in [-0.1, -0.05) is 158 Å². The maximum absolute atomic E-state index is 15.4. The predicted molar refractivity (Wildman–Crippen MR) is 439 cm³/mol. The van der Waals surface area contributed by atoms with Crippen LogP contribution in [-0.4, -0.2) is 248 Å². The second-order valence-corrected chi connectivity index (χ2v) is 37.5. The number of carbonyl (C=O) groups is 11. The van der Waals surface area contributed by atoms with E-state index in [-0.39, 0.29) is 68.3 Å². The summed E-state index contributed by atoms with van der Waals surface area (Å²) in [5.74, 6) is -10.8. The summed E-state index contributed by atoms with van der Waals surface area (Å²) in [6.07, 6.45) is -31.3. The molecule has 672 valence electrons. The van der Waals surface area contributed by atoms with Gasteiger partial charge in [-0.15, -0.1) is 0 Å². The van der Waals surface area contributed by atoms with Crippen LogP contribution in [0, 0.1) is 13.8 Å². The van der Waals surface area contributed by atoms with Crippen LogP contribution < -0.4 is 0 Å². The van der Waals surface area contributed by atoms with Crippen molar-refractivity contribution in [2.45, 2.75) is 237 Å². The highest BCUT2D eigenvalue weighted by atomic mass is 28.3. The summed E-state index contributed by atoms with van der Waals surface area (Å²) in [7, 11) is -1.69. The first-order valence-electron chi connectivity index (χ1n) is 41.2. The van der Waals surface area contributed by atoms with E-state index >= 15 is 19.2 Å². The number of ether oxygens (including phenoxy) is 21. The number of nitrogens with zero attached hydrogens (tertiary/aromatic N) is 1. The van der Waals surface area contributed by atoms with Gasteiger partial charge < -0.3 is 99.5 Å².